The normalized spacial score (nSPS) is 10.5. The van der Waals surface area contributed by atoms with E-state index in [0.717, 1.165) is 16.8 Å². The maximum Gasteiger partial charge on any atom is 0.356 e. The standard InChI is InChI=1S/C10H10N4O4/c1-2-7-11-8(18-13-7)5-14-9(15)4-3-6(12-14)10(16)17/h3-4H,2,5H2,1H3,(H,16,17). The summed E-state index contributed by atoms with van der Waals surface area (Å²) >= 11 is 0. The highest BCUT2D eigenvalue weighted by molar-refractivity contribution is 5.84. The quantitative estimate of drug-likeness (QED) is 0.808. The van der Waals surface area contributed by atoms with E-state index in [1.807, 2.05) is 6.92 Å². The fourth-order valence-electron chi connectivity index (χ4n) is 1.30. The third-order valence-corrected chi connectivity index (χ3v) is 2.20. The Balaban J connectivity index is 2.30. The van der Waals surface area contributed by atoms with E-state index in [-0.39, 0.29) is 18.1 Å². The predicted octanol–water partition coefficient (Wildman–Crippen LogP) is -0.0648. The van der Waals surface area contributed by atoms with Crippen LogP contribution in [0.3, 0.4) is 0 Å². The van der Waals surface area contributed by atoms with Gasteiger partial charge >= 0.3 is 5.97 Å². The molecule has 0 saturated heterocycles. The number of carboxylic acids is 1. The van der Waals surface area contributed by atoms with Crippen molar-refractivity contribution in [3.05, 3.63) is 39.9 Å². The molecule has 0 aliphatic rings. The first kappa shape index (κ1) is 12.0. The van der Waals surface area contributed by atoms with Gasteiger partial charge in [-0.15, -0.1) is 0 Å². The van der Waals surface area contributed by atoms with Crippen molar-refractivity contribution in [1.29, 1.82) is 0 Å². The van der Waals surface area contributed by atoms with Gasteiger partial charge in [-0.2, -0.15) is 10.1 Å². The maximum absolute atomic E-state index is 11.5. The fourth-order valence-corrected chi connectivity index (χ4v) is 1.30. The van der Waals surface area contributed by atoms with Crippen LogP contribution in [0.25, 0.3) is 0 Å². The van der Waals surface area contributed by atoms with E-state index in [0.29, 0.717) is 12.2 Å². The van der Waals surface area contributed by atoms with Crippen LogP contribution in [-0.2, 0) is 13.0 Å². The molecule has 0 aliphatic carbocycles. The molecule has 0 amide bonds. The molecule has 0 spiro atoms. The van der Waals surface area contributed by atoms with Gasteiger partial charge in [-0.05, 0) is 6.07 Å². The number of carboxylic acid groups (broad SMARTS) is 1. The monoisotopic (exact) mass is 250 g/mol. The van der Waals surface area contributed by atoms with Gasteiger partial charge in [0.2, 0.25) is 5.89 Å². The smallest absolute Gasteiger partial charge is 0.356 e. The largest absolute Gasteiger partial charge is 0.476 e. The van der Waals surface area contributed by atoms with E-state index in [1.165, 1.54) is 0 Å². The van der Waals surface area contributed by atoms with Gasteiger partial charge < -0.3 is 9.63 Å². The van der Waals surface area contributed by atoms with E-state index in [2.05, 4.69) is 15.2 Å². The topological polar surface area (TPSA) is 111 Å². The second-order valence-electron chi connectivity index (χ2n) is 3.48. The van der Waals surface area contributed by atoms with E-state index < -0.39 is 11.5 Å². The molecule has 8 heteroatoms. The molecular formula is C10H10N4O4. The number of carbonyl (C=O) groups is 1. The Hall–Kier alpha value is -2.51. The van der Waals surface area contributed by atoms with Crippen molar-refractivity contribution in [3.63, 3.8) is 0 Å². The Morgan fingerprint density at radius 3 is 2.89 bits per heavy atom. The lowest BCUT2D eigenvalue weighted by Gasteiger charge is -2.01. The van der Waals surface area contributed by atoms with Crippen LogP contribution in [0.2, 0.25) is 0 Å². The average molecular weight is 250 g/mol. The second-order valence-corrected chi connectivity index (χ2v) is 3.48. The number of hydrogen-bond acceptors (Lipinski definition) is 6. The van der Waals surface area contributed by atoms with Gasteiger partial charge in [0, 0.05) is 12.5 Å². The summed E-state index contributed by atoms with van der Waals surface area (Å²) in [6.07, 6.45) is 0.612. The summed E-state index contributed by atoms with van der Waals surface area (Å²) in [5.41, 5.74) is -0.652. The lowest BCUT2D eigenvalue weighted by Crippen LogP contribution is -2.25. The molecule has 2 heterocycles. The zero-order valence-electron chi connectivity index (χ0n) is 9.53. The minimum Gasteiger partial charge on any atom is -0.476 e. The Bertz CT molecular complexity index is 631. The lowest BCUT2D eigenvalue weighted by atomic mass is 10.4. The molecule has 0 aliphatic heterocycles. The van der Waals surface area contributed by atoms with E-state index in [4.69, 9.17) is 9.63 Å². The molecule has 8 nitrogen and oxygen atoms in total. The first-order valence-corrected chi connectivity index (χ1v) is 5.23. The van der Waals surface area contributed by atoms with Gasteiger partial charge in [0.25, 0.3) is 5.56 Å². The summed E-state index contributed by atoms with van der Waals surface area (Å²) in [6.45, 7) is 1.82. The Labute approximate surface area is 101 Å². The second kappa shape index (κ2) is 4.78. The molecule has 2 aromatic heterocycles. The number of hydrogen-bond donors (Lipinski definition) is 1. The minimum absolute atomic E-state index is 0.0487. The molecule has 2 rings (SSSR count). The van der Waals surface area contributed by atoms with Crippen molar-refractivity contribution < 1.29 is 14.4 Å². The zero-order valence-corrected chi connectivity index (χ0v) is 9.53. The molecule has 0 aromatic carbocycles. The highest BCUT2D eigenvalue weighted by Gasteiger charge is 2.10. The van der Waals surface area contributed by atoms with Crippen molar-refractivity contribution in [2.24, 2.45) is 0 Å². The van der Waals surface area contributed by atoms with Gasteiger partial charge in [-0.25, -0.2) is 9.48 Å². The van der Waals surface area contributed by atoms with Gasteiger partial charge in [0.15, 0.2) is 11.5 Å². The summed E-state index contributed by atoms with van der Waals surface area (Å²) in [5.74, 6) is -0.472. The first-order chi connectivity index (χ1) is 8.60. The van der Waals surface area contributed by atoms with Crippen LogP contribution >= 0.6 is 0 Å². The molecule has 1 N–H and O–H groups in total. The molecule has 2 aromatic rings. The van der Waals surface area contributed by atoms with Gasteiger partial charge in [0.05, 0.1) is 0 Å². The number of aromatic nitrogens is 4. The zero-order chi connectivity index (χ0) is 13.1. The third-order valence-electron chi connectivity index (χ3n) is 2.20. The molecular weight excluding hydrogens is 240 g/mol. The summed E-state index contributed by atoms with van der Waals surface area (Å²) in [6, 6.07) is 2.28. The molecule has 0 unspecified atom stereocenters. The van der Waals surface area contributed by atoms with Crippen molar-refractivity contribution in [2.75, 3.05) is 0 Å². The molecule has 0 bridgehead atoms. The van der Waals surface area contributed by atoms with Crippen LogP contribution in [0.15, 0.2) is 21.5 Å². The molecule has 18 heavy (non-hydrogen) atoms. The fraction of sp³-hybridized carbons (Fsp3) is 0.300. The van der Waals surface area contributed by atoms with Gasteiger partial charge in [-0.1, -0.05) is 12.1 Å². The van der Waals surface area contributed by atoms with Crippen LogP contribution in [0.4, 0.5) is 0 Å². The molecule has 94 valence electrons. The SMILES string of the molecule is CCc1noc(Cn2nc(C(=O)O)ccc2=O)n1. The molecule has 0 radical (unpaired) electrons. The number of rotatable bonds is 4. The van der Waals surface area contributed by atoms with Crippen molar-refractivity contribution in [1.82, 2.24) is 19.9 Å². The number of aryl methyl sites for hydroxylation is 1. The number of aromatic carboxylic acids is 1. The highest BCUT2D eigenvalue weighted by atomic mass is 16.5. The average Bonchev–Trinajstić information content (AvgIpc) is 2.79. The third kappa shape index (κ3) is 2.42. The van der Waals surface area contributed by atoms with Gasteiger partial charge in [-0.3, -0.25) is 4.79 Å². The van der Waals surface area contributed by atoms with E-state index in [1.54, 1.807) is 0 Å². The van der Waals surface area contributed by atoms with Crippen molar-refractivity contribution >= 4 is 5.97 Å². The Morgan fingerprint density at radius 2 is 2.28 bits per heavy atom. The lowest BCUT2D eigenvalue weighted by molar-refractivity contribution is 0.0687. The Kier molecular flexibility index (Phi) is 3.18. The summed E-state index contributed by atoms with van der Waals surface area (Å²) in [5, 5.41) is 16.1. The summed E-state index contributed by atoms with van der Waals surface area (Å²) in [4.78, 5) is 26.2. The predicted molar refractivity (Wildman–Crippen MR) is 58.2 cm³/mol. The van der Waals surface area contributed by atoms with Crippen LogP contribution in [-0.4, -0.2) is 31.0 Å². The van der Waals surface area contributed by atoms with Gasteiger partial charge in [0.1, 0.15) is 6.54 Å². The summed E-state index contributed by atoms with van der Waals surface area (Å²) < 4.78 is 5.88. The molecule has 0 atom stereocenters. The first-order valence-electron chi connectivity index (χ1n) is 5.23. The molecule has 0 fully saturated rings. The van der Waals surface area contributed by atoms with E-state index in [9.17, 15) is 9.59 Å². The summed E-state index contributed by atoms with van der Waals surface area (Å²) in [7, 11) is 0. The van der Waals surface area contributed by atoms with E-state index >= 15 is 0 Å². The molecule has 0 saturated carbocycles. The van der Waals surface area contributed by atoms with Crippen molar-refractivity contribution in [3.8, 4) is 0 Å². The van der Waals surface area contributed by atoms with Crippen LogP contribution in [0.5, 0.6) is 0 Å². The number of nitrogens with zero attached hydrogens (tertiary/aromatic N) is 4. The Morgan fingerprint density at radius 1 is 1.50 bits per heavy atom. The van der Waals surface area contributed by atoms with Crippen LogP contribution < -0.4 is 5.56 Å². The van der Waals surface area contributed by atoms with Crippen LogP contribution in [0, 0.1) is 0 Å². The highest BCUT2D eigenvalue weighted by Crippen LogP contribution is 1.99. The van der Waals surface area contributed by atoms with Crippen LogP contribution in [0.1, 0.15) is 29.1 Å². The van der Waals surface area contributed by atoms with Crippen molar-refractivity contribution in [2.45, 2.75) is 19.9 Å². The minimum atomic E-state index is -1.21. The maximum atomic E-state index is 11.5.